The average Bonchev–Trinajstić information content (AvgIpc) is 2.65. The van der Waals surface area contributed by atoms with Crippen molar-refractivity contribution in [1.82, 2.24) is 10.2 Å². The molecule has 3 nitrogen and oxygen atoms in total. The van der Waals surface area contributed by atoms with E-state index in [0.29, 0.717) is 6.42 Å². The molecular formula is C18H28N2O. The molecule has 1 fully saturated rings. The second-order valence-corrected chi connectivity index (χ2v) is 7.04. The zero-order chi connectivity index (χ0) is 15.3. The van der Waals surface area contributed by atoms with Gasteiger partial charge in [-0.25, -0.2) is 0 Å². The monoisotopic (exact) mass is 288 g/mol. The Morgan fingerprint density at radius 2 is 1.95 bits per heavy atom. The van der Waals surface area contributed by atoms with Crippen LogP contribution in [0.3, 0.4) is 0 Å². The summed E-state index contributed by atoms with van der Waals surface area (Å²) < 4.78 is 0. The highest BCUT2D eigenvalue weighted by Gasteiger charge is 2.27. The SMILES string of the molecule is CC(C)(C)N1CCCCC(NC(=O)Cc2ccccc2)C1. The first-order chi connectivity index (χ1) is 9.95. The van der Waals surface area contributed by atoms with Crippen LogP contribution in [-0.4, -0.2) is 35.5 Å². The van der Waals surface area contributed by atoms with Crippen LogP contribution in [0.15, 0.2) is 30.3 Å². The maximum Gasteiger partial charge on any atom is 0.224 e. The molecule has 1 aliphatic heterocycles. The van der Waals surface area contributed by atoms with Crippen LogP contribution in [0.25, 0.3) is 0 Å². The molecule has 1 amide bonds. The highest BCUT2D eigenvalue weighted by molar-refractivity contribution is 5.78. The quantitative estimate of drug-likeness (QED) is 0.927. The zero-order valence-electron chi connectivity index (χ0n) is 13.6. The fourth-order valence-electron chi connectivity index (χ4n) is 2.93. The predicted molar refractivity (Wildman–Crippen MR) is 87.3 cm³/mol. The van der Waals surface area contributed by atoms with Gasteiger partial charge in [0, 0.05) is 18.1 Å². The number of carbonyl (C=O) groups excluding carboxylic acids is 1. The number of rotatable bonds is 3. The second-order valence-electron chi connectivity index (χ2n) is 7.04. The maximum absolute atomic E-state index is 12.2. The third-order valence-electron chi connectivity index (χ3n) is 4.19. The molecule has 1 atom stereocenters. The molecule has 116 valence electrons. The van der Waals surface area contributed by atoms with Crippen LogP contribution >= 0.6 is 0 Å². The number of likely N-dealkylation sites (tertiary alicyclic amines) is 1. The molecule has 0 aliphatic carbocycles. The molecule has 1 unspecified atom stereocenters. The molecule has 1 aliphatic rings. The number of hydrogen-bond acceptors (Lipinski definition) is 2. The van der Waals surface area contributed by atoms with Crippen molar-refractivity contribution in [1.29, 1.82) is 0 Å². The van der Waals surface area contributed by atoms with E-state index in [0.717, 1.165) is 25.1 Å². The van der Waals surface area contributed by atoms with Gasteiger partial charge in [0.1, 0.15) is 0 Å². The van der Waals surface area contributed by atoms with E-state index in [1.807, 2.05) is 30.3 Å². The lowest BCUT2D eigenvalue weighted by molar-refractivity contribution is -0.121. The van der Waals surface area contributed by atoms with Crippen LogP contribution in [-0.2, 0) is 11.2 Å². The number of hydrogen-bond donors (Lipinski definition) is 1. The van der Waals surface area contributed by atoms with E-state index in [2.05, 4.69) is 31.0 Å². The molecule has 1 aromatic rings. The summed E-state index contributed by atoms with van der Waals surface area (Å²) in [6.45, 7) is 8.85. The first-order valence-corrected chi connectivity index (χ1v) is 8.03. The smallest absolute Gasteiger partial charge is 0.224 e. The summed E-state index contributed by atoms with van der Waals surface area (Å²) in [5.74, 6) is 0.141. The van der Waals surface area contributed by atoms with E-state index in [9.17, 15) is 4.79 Å². The average molecular weight is 288 g/mol. The van der Waals surface area contributed by atoms with Gasteiger partial charge in [0.2, 0.25) is 5.91 Å². The first kappa shape index (κ1) is 16.0. The third-order valence-corrected chi connectivity index (χ3v) is 4.19. The van der Waals surface area contributed by atoms with E-state index in [1.165, 1.54) is 12.8 Å². The standard InChI is InChI=1S/C18H28N2O/c1-18(2,3)20-12-8-7-11-16(14-20)19-17(21)13-15-9-5-4-6-10-15/h4-6,9-10,16H,7-8,11-14H2,1-3H3,(H,19,21). The fraction of sp³-hybridized carbons (Fsp3) is 0.611. The Labute approximate surface area is 128 Å². The summed E-state index contributed by atoms with van der Waals surface area (Å²) in [7, 11) is 0. The lowest BCUT2D eigenvalue weighted by Crippen LogP contribution is -2.49. The van der Waals surface area contributed by atoms with Gasteiger partial charge in [0.25, 0.3) is 0 Å². The van der Waals surface area contributed by atoms with Crippen molar-refractivity contribution in [3.63, 3.8) is 0 Å². The number of carbonyl (C=O) groups is 1. The molecule has 1 aromatic carbocycles. The molecule has 3 heteroatoms. The van der Waals surface area contributed by atoms with Gasteiger partial charge in [0.05, 0.1) is 6.42 Å². The highest BCUT2D eigenvalue weighted by atomic mass is 16.1. The maximum atomic E-state index is 12.2. The number of amides is 1. The minimum absolute atomic E-state index is 0.141. The topological polar surface area (TPSA) is 32.3 Å². The van der Waals surface area contributed by atoms with Gasteiger partial charge in [0.15, 0.2) is 0 Å². The first-order valence-electron chi connectivity index (χ1n) is 8.03. The van der Waals surface area contributed by atoms with E-state index in [1.54, 1.807) is 0 Å². The van der Waals surface area contributed by atoms with Crippen molar-refractivity contribution >= 4 is 5.91 Å². The summed E-state index contributed by atoms with van der Waals surface area (Å²) in [5.41, 5.74) is 1.25. The molecule has 0 radical (unpaired) electrons. The van der Waals surface area contributed by atoms with Crippen molar-refractivity contribution in [3.05, 3.63) is 35.9 Å². The van der Waals surface area contributed by atoms with Crippen molar-refractivity contribution in [2.75, 3.05) is 13.1 Å². The second kappa shape index (κ2) is 7.08. The van der Waals surface area contributed by atoms with Crippen LogP contribution < -0.4 is 5.32 Å². The molecule has 0 saturated carbocycles. The van der Waals surface area contributed by atoms with Crippen molar-refractivity contribution in [3.8, 4) is 0 Å². The number of nitrogens with one attached hydrogen (secondary N) is 1. The molecule has 0 aromatic heterocycles. The molecule has 0 bridgehead atoms. The van der Waals surface area contributed by atoms with Crippen LogP contribution in [0.5, 0.6) is 0 Å². The van der Waals surface area contributed by atoms with Crippen molar-refractivity contribution in [2.24, 2.45) is 0 Å². The summed E-state index contributed by atoms with van der Waals surface area (Å²) in [6.07, 6.45) is 3.99. The predicted octanol–water partition coefficient (Wildman–Crippen LogP) is 3.00. The lowest BCUT2D eigenvalue weighted by Gasteiger charge is -2.36. The number of benzene rings is 1. The summed E-state index contributed by atoms with van der Waals surface area (Å²) in [4.78, 5) is 14.7. The summed E-state index contributed by atoms with van der Waals surface area (Å²) >= 11 is 0. The van der Waals surface area contributed by atoms with Gasteiger partial charge in [-0.2, -0.15) is 0 Å². The summed E-state index contributed by atoms with van der Waals surface area (Å²) in [5, 5.41) is 3.23. The third kappa shape index (κ3) is 5.16. The number of nitrogens with zero attached hydrogens (tertiary/aromatic N) is 1. The van der Waals surface area contributed by atoms with Crippen molar-refractivity contribution < 1.29 is 4.79 Å². The molecule has 21 heavy (non-hydrogen) atoms. The lowest BCUT2D eigenvalue weighted by atomic mass is 10.0. The Morgan fingerprint density at radius 3 is 2.62 bits per heavy atom. The largest absolute Gasteiger partial charge is 0.352 e. The van der Waals surface area contributed by atoms with Crippen LogP contribution in [0.2, 0.25) is 0 Å². The van der Waals surface area contributed by atoms with Crippen LogP contribution in [0, 0.1) is 0 Å². The van der Waals surface area contributed by atoms with Gasteiger partial charge < -0.3 is 5.32 Å². The van der Waals surface area contributed by atoms with Crippen LogP contribution in [0.1, 0.15) is 45.6 Å². The molecule has 2 rings (SSSR count). The Morgan fingerprint density at radius 1 is 1.24 bits per heavy atom. The Hall–Kier alpha value is -1.35. The van der Waals surface area contributed by atoms with Gasteiger partial charge in [-0.3, -0.25) is 9.69 Å². The minimum atomic E-state index is 0.141. The van der Waals surface area contributed by atoms with E-state index in [4.69, 9.17) is 0 Å². The van der Waals surface area contributed by atoms with Crippen LogP contribution in [0.4, 0.5) is 0 Å². The van der Waals surface area contributed by atoms with E-state index < -0.39 is 0 Å². The van der Waals surface area contributed by atoms with Gasteiger partial charge >= 0.3 is 0 Å². The zero-order valence-corrected chi connectivity index (χ0v) is 13.6. The summed E-state index contributed by atoms with van der Waals surface area (Å²) in [6, 6.07) is 10.2. The molecule has 0 spiro atoms. The molecule has 1 heterocycles. The molecule has 1 N–H and O–H groups in total. The van der Waals surface area contributed by atoms with Gasteiger partial charge in [-0.05, 0) is 45.7 Å². The minimum Gasteiger partial charge on any atom is -0.352 e. The Balaban J connectivity index is 1.90. The Kier molecular flexibility index (Phi) is 5.40. The van der Waals surface area contributed by atoms with Gasteiger partial charge in [-0.1, -0.05) is 36.8 Å². The molecular weight excluding hydrogens is 260 g/mol. The van der Waals surface area contributed by atoms with E-state index >= 15 is 0 Å². The normalized spacial score (nSPS) is 20.8. The fourth-order valence-corrected chi connectivity index (χ4v) is 2.93. The van der Waals surface area contributed by atoms with Crippen molar-refractivity contribution in [2.45, 2.75) is 58.0 Å². The van der Waals surface area contributed by atoms with E-state index in [-0.39, 0.29) is 17.5 Å². The Bertz CT molecular complexity index is 450. The molecule has 1 saturated heterocycles. The van der Waals surface area contributed by atoms with Gasteiger partial charge in [-0.15, -0.1) is 0 Å². The highest BCUT2D eigenvalue weighted by Crippen LogP contribution is 2.19.